The molecule has 0 aromatic carbocycles. The Balaban J connectivity index is 1.21. The summed E-state index contributed by atoms with van der Waals surface area (Å²) in [5.41, 5.74) is -0.690. The standard InChI is InChI=1S/C21H31F3N4O/c22-21(23,24)17-4-5-20(25-15-17)28-12-10-27(11-13-28)18-6-8-26(9-7-18)16-19-3-1-2-14-29-19/h4-5,15,18-19H,1-3,6-14,16H2/t19-/m0/s1. The van der Waals surface area contributed by atoms with Gasteiger partial charge in [-0.05, 0) is 57.3 Å². The van der Waals surface area contributed by atoms with Crippen LogP contribution in [0.2, 0.25) is 0 Å². The molecule has 3 saturated heterocycles. The number of likely N-dealkylation sites (tertiary alicyclic amines) is 1. The second-order valence-corrected chi connectivity index (χ2v) is 8.45. The Morgan fingerprint density at radius 1 is 0.966 bits per heavy atom. The summed E-state index contributed by atoms with van der Waals surface area (Å²) in [5, 5.41) is 0. The number of halogens is 3. The molecule has 1 atom stereocenters. The van der Waals surface area contributed by atoms with Gasteiger partial charge < -0.3 is 14.5 Å². The predicted octanol–water partition coefficient (Wildman–Crippen LogP) is 3.26. The van der Waals surface area contributed by atoms with Gasteiger partial charge in [-0.15, -0.1) is 0 Å². The second-order valence-electron chi connectivity index (χ2n) is 8.45. The molecule has 3 aliphatic rings. The van der Waals surface area contributed by atoms with Crippen molar-refractivity contribution in [2.24, 2.45) is 0 Å². The van der Waals surface area contributed by atoms with E-state index >= 15 is 0 Å². The van der Waals surface area contributed by atoms with Gasteiger partial charge in [-0.2, -0.15) is 13.2 Å². The highest BCUT2D eigenvalue weighted by atomic mass is 19.4. The lowest BCUT2D eigenvalue weighted by molar-refractivity contribution is -0.137. The quantitative estimate of drug-likeness (QED) is 0.758. The zero-order chi connectivity index (χ0) is 20.3. The van der Waals surface area contributed by atoms with E-state index in [0.29, 0.717) is 18.0 Å². The summed E-state index contributed by atoms with van der Waals surface area (Å²) in [7, 11) is 0. The van der Waals surface area contributed by atoms with E-state index < -0.39 is 11.7 Å². The van der Waals surface area contributed by atoms with Crippen molar-refractivity contribution in [3.05, 3.63) is 23.9 Å². The summed E-state index contributed by atoms with van der Waals surface area (Å²) in [6.07, 6.45) is 3.08. The van der Waals surface area contributed by atoms with Gasteiger partial charge in [0.2, 0.25) is 0 Å². The fraction of sp³-hybridized carbons (Fsp3) is 0.762. The number of alkyl halides is 3. The molecular weight excluding hydrogens is 381 g/mol. The van der Waals surface area contributed by atoms with Crippen LogP contribution in [-0.2, 0) is 10.9 Å². The van der Waals surface area contributed by atoms with Gasteiger partial charge in [-0.1, -0.05) is 0 Å². The molecule has 0 spiro atoms. The minimum Gasteiger partial charge on any atom is -0.377 e. The summed E-state index contributed by atoms with van der Waals surface area (Å²) in [6, 6.07) is 3.23. The number of piperazine rings is 1. The molecule has 4 rings (SSSR count). The van der Waals surface area contributed by atoms with Crippen molar-refractivity contribution in [1.29, 1.82) is 0 Å². The van der Waals surface area contributed by atoms with Gasteiger partial charge in [0.25, 0.3) is 0 Å². The molecule has 3 aliphatic heterocycles. The summed E-state index contributed by atoms with van der Waals surface area (Å²) in [4.78, 5) is 11.2. The highest BCUT2D eigenvalue weighted by Crippen LogP contribution is 2.29. The number of nitrogens with zero attached hydrogens (tertiary/aromatic N) is 4. The van der Waals surface area contributed by atoms with Gasteiger partial charge in [0.15, 0.2) is 0 Å². The molecule has 0 saturated carbocycles. The van der Waals surface area contributed by atoms with E-state index in [1.54, 1.807) is 0 Å². The van der Waals surface area contributed by atoms with E-state index in [1.165, 1.54) is 38.2 Å². The summed E-state index contributed by atoms with van der Waals surface area (Å²) >= 11 is 0. The number of hydrogen-bond donors (Lipinski definition) is 0. The van der Waals surface area contributed by atoms with Crippen molar-refractivity contribution in [2.75, 3.05) is 57.3 Å². The van der Waals surface area contributed by atoms with Gasteiger partial charge in [-0.3, -0.25) is 4.90 Å². The molecule has 5 nitrogen and oxygen atoms in total. The molecule has 29 heavy (non-hydrogen) atoms. The van der Waals surface area contributed by atoms with Crippen LogP contribution < -0.4 is 4.90 Å². The van der Waals surface area contributed by atoms with Gasteiger partial charge in [-0.25, -0.2) is 4.98 Å². The van der Waals surface area contributed by atoms with Gasteiger partial charge >= 0.3 is 6.18 Å². The SMILES string of the molecule is FC(F)(F)c1ccc(N2CCN(C3CCN(C[C@@H]4CCCCO4)CC3)CC2)nc1. The third kappa shape index (κ3) is 5.41. The van der Waals surface area contributed by atoms with Crippen molar-refractivity contribution >= 4 is 5.82 Å². The molecule has 3 fully saturated rings. The Kier molecular flexibility index (Phi) is 6.61. The summed E-state index contributed by atoms with van der Waals surface area (Å²) in [5.74, 6) is 0.639. The first-order valence-corrected chi connectivity index (χ1v) is 10.9. The van der Waals surface area contributed by atoms with Gasteiger partial charge in [0.05, 0.1) is 11.7 Å². The first-order valence-electron chi connectivity index (χ1n) is 10.9. The number of rotatable bonds is 4. The number of ether oxygens (including phenoxy) is 1. The Hall–Kier alpha value is -1.38. The third-order valence-electron chi connectivity index (χ3n) is 6.52. The second kappa shape index (κ2) is 9.18. The van der Waals surface area contributed by atoms with E-state index in [-0.39, 0.29) is 0 Å². The van der Waals surface area contributed by atoms with Crippen LogP contribution in [0.3, 0.4) is 0 Å². The zero-order valence-corrected chi connectivity index (χ0v) is 16.9. The Labute approximate surface area is 170 Å². The third-order valence-corrected chi connectivity index (χ3v) is 6.52. The predicted molar refractivity (Wildman–Crippen MR) is 106 cm³/mol. The van der Waals surface area contributed by atoms with Crippen LogP contribution in [0.5, 0.6) is 0 Å². The maximum atomic E-state index is 12.7. The Bertz CT molecular complexity index is 632. The smallest absolute Gasteiger partial charge is 0.377 e. The number of piperidine rings is 1. The molecule has 0 amide bonds. The zero-order valence-electron chi connectivity index (χ0n) is 16.9. The number of pyridine rings is 1. The molecule has 8 heteroatoms. The first-order chi connectivity index (χ1) is 14.0. The molecule has 0 bridgehead atoms. The number of hydrogen-bond acceptors (Lipinski definition) is 5. The van der Waals surface area contributed by atoms with Crippen molar-refractivity contribution < 1.29 is 17.9 Å². The summed E-state index contributed by atoms with van der Waals surface area (Å²) < 4.78 is 44.0. The van der Waals surface area contributed by atoms with Crippen LogP contribution in [0, 0.1) is 0 Å². The molecule has 0 N–H and O–H groups in total. The molecule has 0 radical (unpaired) electrons. The van der Waals surface area contributed by atoms with Crippen molar-refractivity contribution in [3.8, 4) is 0 Å². The summed E-state index contributed by atoms with van der Waals surface area (Å²) in [6.45, 7) is 7.76. The molecule has 0 aliphatic carbocycles. The van der Waals surface area contributed by atoms with Crippen molar-refractivity contribution in [3.63, 3.8) is 0 Å². The highest BCUT2D eigenvalue weighted by Gasteiger charge is 2.32. The molecule has 1 aromatic heterocycles. The number of aromatic nitrogens is 1. The number of anilines is 1. The minimum atomic E-state index is -4.33. The van der Waals surface area contributed by atoms with Crippen LogP contribution >= 0.6 is 0 Å². The Morgan fingerprint density at radius 3 is 2.31 bits per heavy atom. The fourth-order valence-corrected chi connectivity index (χ4v) is 4.76. The van der Waals surface area contributed by atoms with Crippen LogP contribution in [0.1, 0.15) is 37.7 Å². The van der Waals surface area contributed by atoms with Crippen molar-refractivity contribution in [2.45, 2.75) is 50.4 Å². The maximum absolute atomic E-state index is 12.7. The van der Waals surface area contributed by atoms with Crippen LogP contribution in [0.15, 0.2) is 18.3 Å². The highest BCUT2D eigenvalue weighted by molar-refractivity contribution is 5.40. The van der Waals surface area contributed by atoms with Crippen molar-refractivity contribution in [1.82, 2.24) is 14.8 Å². The lowest BCUT2D eigenvalue weighted by Crippen LogP contribution is -2.54. The van der Waals surface area contributed by atoms with E-state index in [2.05, 4.69) is 19.7 Å². The van der Waals surface area contributed by atoms with E-state index in [0.717, 1.165) is 64.7 Å². The first kappa shape index (κ1) is 20.9. The van der Waals surface area contributed by atoms with Gasteiger partial charge in [0.1, 0.15) is 5.82 Å². The average Bonchev–Trinajstić information content (AvgIpc) is 2.75. The normalized spacial score (nSPS) is 26.0. The van der Waals surface area contributed by atoms with E-state index in [1.807, 2.05) is 0 Å². The van der Waals surface area contributed by atoms with E-state index in [4.69, 9.17) is 4.74 Å². The van der Waals surface area contributed by atoms with Crippen LogP contribution in [0.4, 0.5) is 19.0 Å². The largest absolute Gasteiger partial charge is 0.417 e. The molecule has 4 heterocycles. The van der Waals surface area contributed by atoms with Crippen LogP contribution in [-0.4, -0.2) is 79.3 Å². The fourth-order valence-electron chi connectivity index (χ4n) is 4.76. The molecular formula is C21H31F3N4O. The Morgan fingerprint density at radius 2 is 1.72 bits per heavy atom. The molecule has 0 unspecified atom stereocenters. The molecule has 162 valence electrons. The lowest BCUT2D eigenvalue weighted by Gasteiger charge is -2.43. The van der Waals surface area contributed by atoms with E-state index in [9.17, 15) is 13.2 Å². The average molecular weight is 413 g/mol. The molecule has 1 aromatic rings. The lowest BCUT2D eigenvalue weighted by atomic mass is 10.0. The van der Waals surface area contributed by atoms with Gasteiger partial charge in [0, 0.05) is 51.6 Å². The van der Waals surface area contributed by atoms with Crippen LogP contribution in [0.25, 0.3) is 0 Å². The monoisotopic (exact) mass is 412 g/mol. The minimum absolute atomic E-state index is 0.417. The topological polar surface area (TPSA) is 31.8 Å². The maximum Gasteiger partial charge on any atom is 0.417 e.